The van der Waals surface area contributed by atoms with Crippen LogP contribution in [0.2, 0.25) is 0 Å². The summed E-state index contributed by atoms with van der Waals surface area (Å²) in [6.45, 7) is 0.697. The fourth-order valence-corrected chi connectivity index (χ4v) is 2.01. The molecule has 0 heterocycles. The first-order chi connectivity index (χ1) is 10.1. The summed E-state index contributed by atoms with van der Waals surface area (Å²) >= 11 is 0. The number of nitrogen functional groups attached to an aromatic ring is 1. The Labute approximate surface area is 123 Å². The molecule has 0 saturated carbocycles. The van der Waals surface area contributed by atoms with Gasteiger partial charge in [-0.3, -0.25) is 9.59 Å². The molecule has 2 rings (SSSR count). The minimum Gasteiger partial charge on any atom is -0.398 e. The monoisotopic (exact) mass is 283 g/mol. The SMILES string of the molecule is NCCNC(=O)c1ccccc1C(=O)c1ccccc1N. The van der Waals surface area contributed by atoms with E-state index in [-0.39, 0.29) is 11.7 Å². The minimum absolute atomic E-state index is 0.272. The Kier molecular flexibility index (Phi) is 4.68. The summed E-state index contributed by atoms with van der Waals surface area (Å²) in [6, 6.07) is 13.4. The molecule has 0 aliphatic rings. The number of hydrogen-bond acceptors (Lipinski definition) is 4. The number of ketones is 1. The van der Waals surface area contributed by atoms with Crippen molar-refractivity contribution in [2.45, 2.75) is 0 Å². The zero-order chi connectivity index (χ0) is 15.2. The molecule has 0 aliphatic carbocycles. The Balaban J connectivity index is 2.38. The number of carbonyl (C=O) groups excluding carboxylic acids is 2. The average Bonchev–Trinajstić information content (AvgIpc) is 2.52. The first kappa shape index (κ1) is 14.7. The third kappa shape index (κ3) is 3.27. The molecular weight excluding hydrogens is 266 g/mol. The van der Waals surface area contributed by atoms with Crippen molar-refractivity contribution in [3.63, 3.8) is 0 Å². The van der Waals surface area contributed by atoms with Gasteiger partial charge in [0.05, 0.1) is 5.56 Å². The molecule has 0 aliphatic heterocycles. The Bertz CT molecular complexity index is 668. The molecule has 108 valence electrons. The number of carbonyl (C=O) groups is 2. The van der Waals surface area contributed by atoms with Crippen LogP contribution in [0.1, 0.15) is 26.3 Å². The number of para-hydroxylation sites is 1. The van der Waals surface area contributed by atoms with Gasteiger partial charge in [-0.25, -0.2) is 0 Å². The summed E-state index contributed by atoms with van der Waals surface area (Å²) in [7, 11) is 0. The van der Waals surface area contributed by atoms with E-state index >= 15 is 0 Å². The second kappa shape index (κ2) is 6.67. The number of rotatable bonds is 5. The Morgan fingerprint density at radius 2 is 1.48 bits per heavy atom. The van der Waals surface area contributed by atoms with Gasteiger partial charge in [0.2, 0.25) is 0 Å². The Hall–Kier alpha value is -2.66. The van der Waals surface area contributed by atoms with Crippen LogP contribution in [0.3, 0.4) is 0 Å². The Morgan fingerprint density at radius 3 is 2.10 bits per heavy atom. The smallest absolute Gasteiger partial charge is 0.252 e. The van der Waals surface area contributed by atoms with Crippen molar-refractivity contribution in [2.24, 2.45) is 5.73 Å². The zero-order valence-electron chi connectivity index (χ0n) is 11.5. The average molecular weight is 283 g/mol. The highest BCUT2D eigenvalue weighted by atomic mass is 16.2. The van der Waals surface area contributed by atoms with Crippen molar-refractivity contribution in [1.29, 1.82) is 0 Å². The van der Waals surface area contributed by atoms with Gasteiger partial charge in [0.25, 0.3) is 5.91 Å². The van der Waals surface area contributed by atoms with Gasteiger partial charge in [0, 0.05) is 29.9 Å². The van der Waals surface area contributed by atoms with Crippen molar-refractivity contribution < 1.29 is 9.59 Å². The molecule has 5 N–H and O–H groups in total. The summed E-state index contributed by atoms with van der Waals surface area (Å²) in [5.74, 6) is -0.592. The van der Waals surface area contributed by atoms with Gasteiger partial charge < -0.3 is 16.8 Å². The maximum Gasteiger partial charge on any atom is 0.252 e. The second-order valence-electron chi connectivity index (χ2n) is 4.51. The minimum atomic E-state index is -0.320. The fraction of sp³-hybridized carbons (Fsp3) is 0.125. The van der Waals surface area contributed by atoms with Gasteiger partial charge in [-0.1, -0.05) is 30.3 Å². The van der Waals surface area contributed by atoms with Crippen molar-refractivity contribution >= 4 is 17.4 Å². The van der Waals surface area contributed by atoms with E-state index in [0.29, 0.717) is 35.5 Å². The maximum atomic E-state index is 12.6. The number of benzene rings is 2. The molecular formula is C16H17N3O2. The topological polar surface area (TPSA) is 98.2 Å². The van der Waals surface area contributed by atoms with Crippen molar-refractivity contribution in [1.82, 2.24) is 5.32 Å². The van der Waals surface area contributed by atoms with Crippen LogP contribution in [-0.4, -0.2) is 24.8 Å². The van der Waals surface area contributed by atoms with E-state index < -0.39 is 0 Å². The molecule has 0 unspecified atom stereocenters. The molecule has 0 fully saturated rings. The van der Waals surface area contributed by atoms with Crippen LogP contribution < -0.4 is 16.8 Å². The number of anilines is 1. The molecule has 5 nitrogen and oxygen atoms in total. The molecule has 21 heavy (non-hydrogen) atoms. The van der Waals surface area contributed by atoms with E-state index in [9.17, 15) is 9.59 Å². The van der Waals surface area contributed by atoms with Crippen molar-refractivity contribution in [3.05, 3.63) is 65.2 Å². The normalized spacial score (nSPS) is 10.1. The molecule has 0 spiro atoms. The van der Waals surface area contributed by atoms with Crippen LogP contribution in [0.15, 0.2) is 48.5 Å². The fourth-order valence-electron chi connectivity index (χ4n) is 2.01. The number of nitrogens with two attached hydrogens (primary N) is 2. The van der Waals surface area contributed by atoms with Crippen LogP contribution >= 0.6 is 0 Å². The lowest BCUT2D eigenvalue weighted by molar-refractivity contribution is 0.0943. The third-order valence-corrected chi connectivity index (χ3v) is 3.05. The lowest BCUT2D eigenvalue weighted by Gasteiger charge is -2.10. The molecule has 0 bridgehead atoms. The molecule has 1 amide bonds. The number of hydrogen-bond donors (Lipinski definition) is 3. The van der Waals surface area contributed by atoms with Gasteiger partial charge in [-0.2, -0.15) is 0 Å². The first-order valence-corrected chi connectivity index (χ1v) is 6.61. The highest BCUT2D eigenvalue weighted by molar-refractivity contribution is 6.17. The third-order valence-electron chi connectivity index (χ3n) is 3.05. The predicted molar refractivity (Wildman–Crippen MR) is 82.1 cm³/mol. The molecule has 2 aromatic rings. The van der Waals surface area contributed by atoms with Crippen molar-refractivity contribution in [3.8, 4) is 0 Å². The van der Waals surface area contributed by atoms with Gasteiger partial charge in [0.1, 0.15) is 0 Å². The lowest BCUT2D eigenvalue weighted by Crippen LogP contribution is -2.30. The molecule has 0 radical (unpaired) electrons. The van der Waals surface area contributed by atoms with Crippen molar-refractivity contribution in [2.75, 3.05) is 18.8 Å². The van der Waals surface area contributed by atoms with Crippen LogP contribution in [0.25, 0.3) is 0 Å². The lowest BCUT2D eigenvalue weighted by atomic mass is 9.97. The molecule has 5 heteroatoms. The van der Waals surface area contributed by atoms with E-state index in [2.05, 4.69) is 5.32 Å². The first-order valence-electron chi connectivity index (χ1n) is 6.61. The van der Waals surface area contributed by atoms with Gasteiger partial charge in [-0.05, 0) is 18.2 Å². The molecule has 0 atom stereocenters. The quantitative estimate of drug-likeness (QED) is 0.567. The second-order valence-corrected chi connectivity index (χ2v) is 4.51. The van der Waals surface area contributed by atoms with Crippen LogP contribution in [0, 0.1) is 0 Å². The molecule has 0 aromatic heterocycles. The largest absolute Gasteiger partial charge is 0.398 e. The van der Waals surface area contributed by atoms with Crippen LogP contribution in [0.5, 0.6) is 0 Å². The molecule has 2 aromatic carbocycles. The summed E-state index contributed by atoms with van der Waals surface area (Å²) in [4.78, 5) is 24.7. The number of amides is 1. The van der Waals surface area contributed by atoms with Gasteiger partial charge in [0.15, 0.2) is 5.78 Å². The highest BCUT2D eigenvalue weighted by Crippen LogP contribution is 2.19. The number of nitrogens with one attached hydrogen (secondary N) is 1. The predicted octanol–water partition coefficient (Wildman–Crippen LogP) is 1.19. The highest BCUT2D eigenvalue weighted by Gasteiger charge is 2.18. The molecule has 0 saturated heterocycles. The van der Waals surface area contributed by atoms with Gasteiger partial charge in [-0.15, -0.1) is 0 Å². The van der Waals surface area contributed by atoms with E-state index in [0.717, 1.165) is 0 Å². The summed E-state index contributed by atoms with van der Waals surface area (Å²) in [5.41, 5.74) is 12.6. The summed E-state index contributed by atoms with van der Waals surface area (Å²) in [5, 5.41) is 2.66. The van der Waals surface area contributed by atoms with E-state index in [1.807, 2.05) is 0 Å². The maximum absolute atomic E-state index is 12.6. The van der Waals surface area contributed by atoms with E-state index in [1.54, 1.807) is 48.5 Å². The summed E-state index contributed by atoms with van der Waals surface area (Å²) < 4.78 is 0. The Morgan fingerprint density at radius 1 is 0.905 bits per heavy atom. The van der Waals surface area contributed by atoms with Gasteiger partial charge >= 0.3 is 0 Å². The zero-order valence-corrected chi connectivity index (χ0v) is 11.5. The standard InChI is InChI=1S/C16H17N3O2/c17-9-10-19-16(21)12-6-2-1-5-11(12)15(20)13-7-3-4-8-14(13)18/h1-8H,9-10,17-18H2,(H,19,21). The van der Waals surface area contributed by atoms with Crippen LogP contribution in [0.4, 0.5) is 5.69 Å². The van der Waals surface area contributed by atoms with E-state index in [1.165, 1.54) is 0 Å². The van der Waals surface area contributed by atoms with E-state index in [4.69, 9.17) is 11.5 Å². The van der Waals surface area contributed by atoms with Crippen LogP contribution in [-0.2, 0) is 0 Å². The summed E-state index contributed by atoms with van der Waals surface area (Å²) in [6.07, 6.45) is 0.